The van der Waals surface area contributed by atoms with Crippen molar-refractivity contribution >= 4 is 12.6 Å². The minimum Gasteiger partial charge on any atom is -0.143 e. The van der Waals surface area contributed by atoms with Crippen LogP contribution in [-0.2, 0) is 0 Å². The molecule has 1 unspecified atom stereocenters. The van der Waals surface area contributed by atoms with Gasteiger partial charge in [-0.3, -0.25) is 0 Å². The molecule has 0 fully saturated rings. The molecule has 17 heavy (non-hydrogen) atoms. The van der Waals surface area contributed by atoms with E-state index in [9.17, 15) is 0 Å². The predicted octanol–water partition coefficient (Wildman–Crippen LogP) is 5.54. The molecule has 0 aromatic heterocycles. The van der Waals surface area contributed by atoms with Gasteiger partial charge in [0.05, 0.1) is 0 Å². The van der Waals surface area contributed by atoms with E-state index in [4.69, 9.17) is 0 Å². The molecule has 1 heteroatoms. The molecule has 96 valence electrons. The lowest BCUT2D eigenvalue weighted by molar-refractivity contribution is 0.229. The van der Waals surface area contributed by atoms with E-state index in [1.54, 1.807) is 0 Å². The fourth-order valence-electron chi connectivity index (χ4n) is 2.24. The van der Waals surface area contributed by atoms with Crippen molar-refractivity contribution in [3.05, 3.63) is 29.8 Å². The first-order valence-electron chi connectivity index (χ1n) is 6.38. The first kappa shape index (κ1) is 14.6. The fraction of sp³-hybridized carbons (Fsp3) is 0.625. The second-order valence-corrected chi connectivity index (χ2v) is 7.79. The lowest BCUT2D eigenvalue weighted by Gasteiger charge is -2.36. The predicted molar refractivity (Wildman–Crippen MR) is 80.0 cm³/mol. The molecule has 1 aromatic carbocycles. The van der Waals surface area contributed by atoms with Gasteiger partial charge in [0.2, 0.25) is 0 Å². The fourth-order valence-corrected chi connectivity index (χ4v) is 2.39. The number of hydrogen-bond donors (Lipinski definition) is 1. The maximum Gasteiger partial charge on any atom is 0.00401 e. The highest BCUT2D eigenvalue weighted by Crippen LogP contribution is 2.43. The number of hydrogen-bond acceptors (Lipinski definition) is 1. The molecule has 1 atom stereocenters. The zero-order valence-electron chi connectivity index (χ0n) is 12.0. The van der Waals surface area contributed by atoms with Crippen molar-refractivity contribution in [1.82, 2.24) is 0 Å². The van der Waals surface area contributed by atoms with Gasteiger partial charge in [0.25, 0.3) is 0 Å². The number of rotatable bonds is 2. The van der Waals surface area contributed by atoms with Crippen LogP contribution in [0.15, 0.2) is 29.2 Å². The average Bonchev–Trinajstić information content (AvgIpc) is 2.13. The van der Waals surface area contributed by atoms with E-state index < -0.39 is 0 Å². The molecule has 0 amide bonds. The van der Waals surface area contributed by atoms with Crippen molar-refractivity contribution in [2.75, 3.05) is 0 Å². The quantitative estimate of drug-likeness (QED) is 0.654. The van der Waals surface area contributed by atoms with Gasteiger partial charge in [0.1, 0.15) is 0 Å². The monoisotopic (exact) mass is 250 g/mol. The minimum absolute atomic E-state index is 0.297. The molecular formula is C16H26S. The molecule has 0 aliphatic carbocycles. The van der Waals surface area contributed by atoms with Gasteiger partial charge in [-0.25, -0.2) is 0 Å². The highest BCUT2D eigenvalue weighted by Gasteiger charge is 2.30. The third-order valence-corrected chi connectivity index (χ3v) is 3.46. The van der Waals surface area contributed by atoms with Crippen LogP contribution in [-0.4, -0.2) is 0 Å². The first-order chi connectivity index (χ1) is 7.59. The molecule has 0 saturated heterocycles. The number of thiol groups is 1. The Morgan fingerprint density at radius 3 is 1.76 bits per heavy atom. The van der Waals surface area contributed by atoms with Crippen LogP contribution in [0.2, 0.25) is 0 Å². The zero-order chi connectivity index (χ0) is 13.3. The molecular weight excluding hydrogens is 224 g/mol. The summed E-state index contributed by atoms with van der Waals surface area (Å²) < 4.78 is 0. The van der Waals surface area contributed by atoms with Gasteiger partial charge in [-0.15, -0.1) is 12.6 Å². The van der Waals surface area contributed by atoms with E-state index in [0.29, 0.717) is 16.7 Å². The smallest absolute Gasteiger partial charge is 0.00401 e. The maximum atomic E-state index is 4.36. The van der Waals surface area contributed by atoms with Crippen LogP contribution in [0.1, 0.15) is 59.4 Å². The van der Waals surface area contributed by atoms with E-state index in [1.165, 1.54) is 12.0 Å². The third kappa shape index (κ3) is 4.75. The molecule has 0 radical (unpaired) electrons. The van der Waals surface area contributed by atoms with Crippen LogP contribution in [0.5, 0.6) is 0 Å². The summed E-state index contributed by atoms with van der Waals surface area (Å²) >= 11 is 4.36. The van der Waals surface area contributed by atoms with Crippen LogP contribution < -0.4 is 0 Å². The van der Waals surface area contributed by atoms with E-state index in [2.05, 4.69) is 78.4 Å². The van der Waals surface area contributed by atoms with E-state index in [-0.39, 0.29) is 0 Å². The average molecular weight is 250 g/mol. The van der Waals surface area contributed by atoms with Crippen molar-refractivity contribution < 1.29 is 0 Å². The summed E-state index contributed by atoms with van der Waals surface area (Å²) in [6.07, 6.45) is 1.21. The van der Waals surface area contributed by atoms with Gasteiger partial charge in [-0.1, -0.05) is 53.7 Å². The standard InChI is InChI=1S/C16H26S/c1-15(2,3)11-14(16(4,5)6)12-7-9-13(17)10-8-12/h7-10,14,17H,11H2,1-6H3. The molecule has 0 spiro atoms. The second-order valence-electron chi connectivity index (χ2n) is 7.27. The Labute approximate surface area is 112 Å². The summed E-state index contributed by atoms with van der Waals surface area (Å²) in [5, 5.41) is 0. The second kappa shape index (κ2) is 5.06. The molecule has 0 aliphatic rings. The molecule has 0 heterocycles. The van der Waals surface area contributed by atoms with Gasteiger partial charge in [-0.2, -0.15) is 0 Å². The Morgan fingerprint density at radius 1 is 0.941 bits per heavy atom. The van der Waals surface area contributed by atoms with Gasteiger partial charge in [-0.05, 0) is 40.9 Å². The topological polar surface area (TPSA) is 0 Å². The highest BCUT2D eigenvalue weighted by molar-refractivity contribution is 7.80. The van der Waals surface area contributed by atoms with Crippen molar-refractivity contribution in [3.8, 4) is 0 Å². The molecule has 0 bridgehead atoms. The van der Waals surface area contributed by atoms with Crippen LogP contribution in [0.3, 0.4) is 0 Å². The highest BCUT2D eigenvalue weighted by atomic mass is 32.1. The van der Waals surface area contributed by atoms with Crippen LogP contribution >= 0.6 is 12.6 Å². The van der Waals surface area contributed by atoms with Gasteiger partial charge >= 0.3 is 0 Å². The lowest BCUT2D eigenvalue weighted by Crippen LogP contribution is -2.23. The molecule has 0 N–H and O–H groups in total. The Kier molecular flexibility index (Phi) is 4.35. The Bertz CT molecular complexity index is 349. The van der Waals surface area contributed by atoms with Gasteiger partial charge in [0.15, 0.2) is 0 Å². The minimum atomic E-state index is 0.297. The summed E-state index contributed by atoms with van der Waals surface area (Å²) in [5.74, 6) is 0.594. The largest absolute Gasteiger partial charge is 0.143 e. The normalized spacial score (nSPS) is 14.8. The molecule has 1 aromatic rings. The Balaban J connectivity index is 3.03. The molecule has 0 saturated carbocycles. The van der Waals surface area contributed by atoms with Crippen molar-refractivity contribution in [2.45, 2.75) is 58.8 Å². The molecule has 0 aliphatic heterocycles. The van der Waals surface area contributed by atoms with E-state index in [0.717, 1.165) is 4.90 Å². The van der Waals surface area contributed by atoms with Gasteiger partial charge in [0, 0.05) is 4.90 Å². The Hall–Kier alpha value is -0.430. The third-order valence-electron chi connectivity index (χ3n) is 3.16. The maximum absolute atomic E-state index is 4.36. The lowest BCUT2D eigenvalue weighted by atomic mass is 9.69. The van der Waals surface area contributed by atoms with Crippen LogP contribution in [0.4, 0.5) is 0 Å². The summed E-state index contributed by atoms with van der Waals surface area (Å²) in [5.41, 5.74) is 2.09. The summed E-state index contributed by atoms with van der Waals surface area (Å²) in [7, 11) is 0. The Morgan fingerprint density at radius 2 is 1.41 bits per heavy atom. The zero-order valence-corrected chi connectivity index (χ0v) is 12.9. The number of benzene rings is 1. The van der Waals surface area contributed by atoms with Crippen molar-refractivity contribution in [2.24, 2.45) is 10.8 Å². The first-order valence-corrected chi connectivity index (χ1v) is 6.83. The van der Waals surface area contributed by atoms with Crippen LogP contribution in [0, 0.1) is 10.8 Å². The van der Waals surface area contributed by atoms with Crippen molar-refractivity contribution in [3.63, 3.8) is 0 Å². The SMILES string of the molecule is CC(C)(C)CC(c1ccc(S)cc1)C(C)(C)C. The van der Waals surface area contributed by atoms with E-state index >= 15 is 0 Å². The van der Waals surface area contributed by atoms with Crippen molar-refractivity contribution in [1.29, 1.82) is 0 Å². The summed E-state index contributed by atoms with van der Waals surface area (Å²) in [4.78, 5) is 1.04. The molecule has 0 nitrogen and oxygen atoms in total. The summed E-state index contributed by atoms with van der Waals surface area (Å²) in [6.45, 7) is 13.9. The summed E-state index contributed by atoms with van der Waals surface area (Å²) in [6, 6.07) is 8.65. The van der Waals surface area contributed by atoms with E-state index in [1.807, 2.05) is 0 Å². The van der Waals surface area contributed by atoms with Gasteiger partial charge < -0.3 is 0 Å². The molecule has 1 rings (SSSR count). The van der Waals surface area contributed by atoms with Crippen LogP contribution in [0.25, 0.3) is 0 Å².